The van der Waals surface area contributed by atoms with E-state index in [4.69, 9.17) is 4.52 Å². The molecule has 8 heteroatoms. The Bertz CT molecular complexity index is 650. The SMILES string of the molecule is O=C(NCc1nc(C2CC2)no1)Nc1c(F)cccc1F. The predicted octanol–water partition coefficient (Wildman–Crippen LogP) is 2.55. The van der Waals surface area contributed by atoms with E-state index in [0.717, 1.165) is 25.0 Å². The first-order chi connectivity index (χ1) is 10.1. The molecule has 6 nitrogen and oxygen atoms in total. The third-order valence-corrected chi connectivity index (χ3v) is 3.03. The van der Waals surface area contributed by atoms with Gasteiger partial charge >= 0.3 is 6.03 Å². The second kappa shape index (κ2) is 5.47. The molecule has 2 amide bonds. The van der Waals surface area contributed by atoms with Gasteiger partial charge in [-0.15, -0.1) is 0 Å². The van der Waals surface area contributed by atoms with Crippen molar-refractivity contribution in [2.75, 3.05) is 5.32 Å². The number of carbonyl (C=O) groups is 1. The number of para-hydroxylation sites is 1. The summed E-state index contributed by atoms with van der Waals surface area (Å²) in [6, 6.07) is 2.56. The van der Waals surface area contributed by atoms with E-state index in [1.807, 2.05) is 0 Å². The number of nitrogens with zero attached hydrogens (tertiary/aromatic N) is 2. The second-order valence-electron chi connectivity index (χ2n) is 4.72. The highest BCUT2D eigenvalue weighted by atomic mass is 19.1. The van der Waals surface area contributed by atoms with Crippen LogP contribution in [0, 0.1) is 11.6 Å². The van der Waals surface area contributed by atoms with Gasteiger partial charge in [0.2, 0.25) is 5.89 Å². The fourth-order valence-corrected chi connectivity index (χ4v) is 1.78. The number of rotatable bonds is 4. The van der Waals surface area contributed by atoms with Crippen LogP contribution in [-0.4, -0.2) is 16.2 Å². The van der Waals surface area contributed by atoms with E-state index in [0.29, 0.717) is 11.7 Å². The van der Waals surface area contributed by atoms with Crippen molar-refractivity contribution in [2.24, 2.45) is 0 Å². The topological polar surface area (TPSA) is 80.1 Å². The summed E-state index contributed by atoms with van der Waals surface area (Å²) in [6.45, 7) is -0.0123. The van der Waals surface area contributed by atoms with Gasteiger partial charge in [-0.05, 0) is 25.0 Å². The van der Waals surface area contributed by atoms with Crippen molar-refractivity contribution in [3.05, 3.63) is 41.5 Å². The molecule has 21 heavy (non-hydrogen) atoms. The van der Waals surface area contributed by atoms with Crippen LogP contribution in [0.15, 0.2) is 22.7 Å². The van der Waals surface area contributed by atoms with Crippen LogP contribution < -0.4 is 10.6 Å². The van der Waals surface area contributed by atoms with Crippen molar-refractivity contribution < 1.29 is 18.1 Å². The van der Waals surface area contributed by atoms with Crippen LogP contribution in [0.4, 0.5) is 19.3 Å². The fourth-order valence-electron chi connectivity index (χ4n) is 1.78. The summed E-state index contributed by atoms with van der Waals surface area (Å²) in [7, 11) is 0. The summed E-state index contributed by atoms with van der Waals surface area (Å²) in [5, 5.41) is 8.29. The molecular weight excluding hydrogens is 282 g/mol. The molecule has 1 saturated carbocycles. The maximum absolute atomic E-state index is 13.3. The predicted molar refractivity (Wildman–Crippen MR) is 68.5 cm³/mol. The molecule has 0 atom stereocenters. The largest absolute Gasteiger partial charge is 0.337 e. The molecule has 2 aromatic rings. The molecule has 0 spiro atoms. The standard InChI is InChI=1S/C13H12F2N4O2/c14-8-2-1-3-9(15)11(8)18-13(20)16-6-10-17-12(19-21-10)7-4-5-7/h1-3,7H,4-6H2,(H2,16,18,20). The van der Waals surface area contributed by atoms with Crippen LogP contribution in [-0.2, 0) is 6.54 Å². The average Bonchev–Trinajstić information content (AvgIpc) is 3.20. The highest BCUT2D eigenvalue weighted by molar-refractivity contribution is 5.89. The monoisotopic (exact) mass is 294 g/mol. The number of aromatic nitrogens is 2. The first kappa shape index (κ1) is 13.5. The van der Waals surface area contributed by atoms with Crippen molar-refractivity contribution in [1.82, 2.24) is 15.5 Å². The molecule has 0 aliphatic heterocycles. The molecule has 1 heterocycles. The van der Waals surface area contributed by atoms with E-state index in [9.17, 15) is 13.6 Å². The number of urea groups is 1. The van der Waals surface area contributed by atoms with Crippen molar-refractivity contribution in [1.29, 1.82) is 0 Å². The van der Waals surface area contributed by atoms with E-state index in [-0.39, 0.29) is 12.4 Å². The number of hydrogen-bond donors (Lipinski definition) is 2. The van der Waals surface area contributed by atoms with Gasteiger partial charge in [-0.2, -0.15) is 4.98 Å². The first-order valence-corrected chi connectivity index (χ1v) is 6.45. The minimum Gasteiger partial charge on any atom is -0.337 e. The van der Waals surface area contributed by atoms with Gasteiger partial charge in [-0.1, -0.05) is 11.2 Å². The lowest BCUT2D eigenvalue weighted by atomic mass is 10.3. The van der Waals surface area contributed by atoms with Crippen LogP contribution >= 0.6 is 0 Å². The first-order valence-electron chi connectivity index (χ1n) is 6.45. The fraction of sp³-hybridized carbons (Fsp3) is 0.308. The van der Waals surface area contributed by atoms with E-state index in [2.05, 4.69) is 20.8 Å². The normalized spacial score (nSPS) is 14.0. The van der Waals surface area contributed by atoms with Gasteiger partial charge in [0.25, 0.3) is 0 Å². The quantitative estimate of drug-likeness (QED) is 0.908. The Morgan fingerprint density at radius 1 is 1.33 bits per heavy atom. The van der Waals surface area contributed by atoms with Gasteiger partial charge in [0, 0.05) is 5.92 Å². The van der Waals surface area contributed by atoms with Crippen molar-refractivity contribution >= 4 is 11.7 Å². The molecule has 1 aliphatic rings. The van der Waals surface area contributed by atoms with E-state index in [1.165, 1.54) is 6.07 Å². The number of anilines is 1. The Balaban J connectivity index is 1.56. The van der Waals surface area contributed by atoms with Crippen LogP contribution in [0.5, 0.6) is 0 Å². The Labute approximate surface area is 118 Å². The smallest absolute Gasteiger partial charge is 0.319 e. The minimum absolute atomic E-state index is 0.0123. The maximum atomic E-state index is 13.3. The van der Waals surface area contributed by atoms with Gasteiger partial charge in [0.1, 0.15) is 17.3 Å². The Hall–Kier alpha value is -2.51. The highest BCUT2D eigenvalue weighted by Crippen LogP contribution is 2.38. The summed E-state index contributed by atoms with van der Waals surface area (Å²) in [4.78, 5) is 15.7. The molecule has 2 N–H and O–H groups in total. The molecular formula is C13H12F2N4O2. The summed E-state index contributed by atoms with van der Waals surface area (Å²) < 4.78 is 31.7. The van der Waals surface area contributed by atoms with Gasteiger partial charge in [-0.25, -0.2) is 13.6 Å². The number of nitrogens with one attached hydrogen (secondary N) is 2. The lowest BCUT2D eigenvalue weighted by Gasteiger charge is -2.07. The van der Waals surface area contributed by atoms with Crippen LogP contribution in [0.2, 0.25) is 0 Å². The molecule has 0 unspecified atom stereocenters. The van der Waals surface area contributed by atoms with Crippen molar-refractivity contribution in [3.63, 3.8) is 0 Å². The van der Waals surface area contributed by atoms with E-state index < -0.39 is 23.4 Å². The molecule has 1 fully saturated rings. The summed E-state index contributed by atoms with van der Waals surface area (Å²) in [6.07, 6.45) is 2.08. The molecule has 3 rings (SSSR count). The molecule has 0 radical (unpaired) electrons. The molecule has 0 bridgehead atoms. The number of halogens is 2. The van der Waals surface area contributed by atoms with Crippen LogP contribution in [0.3, 0.4) is 0 Å². The number of hydrogen-bond acceptors (Lipinski definition) is 4. The minimum atomic E-state index is -0.848. The maximum Gasteiger partial charge on any atom is 0.319 e. The molecule has 1 aromatic heterocycles. The van der Waals surface area contributed by atoms with Crippen LogP contribution in [0.1, 0.15) is 30.5 Å². The highest BCUT2D eigenvalue weighted by Gasteiger charge is 2.28. The summed E-state index contributed by atoms with van der Waals surface area (Å²) in [5.74, 6) is -0.463. The van der Waals surface area contributed by atoms with Gasteiger partial charge in [0.05, 0.1) is 6.54 Å². The molecule has 110 valence electrons. The lowest BCUT2D eigenvalue weighted by molar-refractivity contribution is 0.249. The van der Waals surface area contributed by atoms with Crippen molar-refractivity contribution in [2.45, 2.75) is 25.3 Å². The van der Waals surface area contributed by atoms with Gasteiger partial charge in [0.15, 0.2) is 5.82 Å². The Morgan fingerprint density at radius 2 is 2.05 bits per heavy atom. The zero-order chi connectivity index (χ0) is 14.8. The Kier molecular flexibility index (Phi) is 3.51. The Morgan fingerprint density at radius 3 is 2.71 bits per heavy atom. The van der Waals surface area contributed by atoms with Crippen molar-refractivity contribution in [3.8, 4) is 0 Å². The average molecular weight is 294 g/mol. The third kappa shape index (κ3) is 3.15. The number of amides is 2. The zero-order valence-electron chi connectivity index (χ0n) is 10.9. The molecule has 1 aromatic carbocycles. The van der Waals surface area contributed by atoms with Gasteiger partial charge < -0.3 is 15.2 Å². The van der Waals surface area contributed by atoms with Gasteiger partial charge in [-0.3, -0.25) is 0 Å². The summed E-state index contributed by atoms with van der Waals surface area (Å²) >= 11 is 0. The molecule has 0 saturated heterocycles. The third-order valence-electron chi connectivity index (χ3n) is 3.03. The number of benzene rings is 1. The zero-order valence-corrected chi connectivity index (χ0v) is 10.9. The lowest BCUT2D eigenvalue weighted by Crippen LogP contribution is -2.29. The molecule has 1 aliphatic carbocycles. The second-order valence-corrected chi connectivity index (χ2v) is 4.72. The van der Waals surface area contributed by atoms with E-state index >= 15 is 0 Å². The van der Waals surface area contributed by atoms with Crippen LogP contribution in [0.25, 0.3) is 0 Å². The number of carbonyl (C=O) groups excluding carboxylic acids is 1. The summed E-state index contributed by atoms with van der Waals surface area (Å²) in [5.41, 5.74) is -0.501. The van der Waals surface area contributed by atoms with E-state index in [1.54, 1.807) is 0 Å².